The minimum Gasteiger partial charge on any atom is -0.756 e. The van der Waals surface area contributed by atoms with Crippen LogP contribution < -0.4 is 4.89 Å². The first-order valence-corrected chi connectivity index (χ1v) is 15.3. The molecule has 5 nitrogen and oxygen atoms in total. The van der Waals surface area contributed by atoms with Gasteiger partial charge in [-0.2, -0.15) is 0 Å². The summed E-state index contributed by atoms with van der Waals surface area (Å²) in [7, 11) is -1.85. The third-order valence-electron chi connectivity index (χ3n) is 7.06. The second-order valence-electron chi connectivity index (χ2n) is 10.3. The van der Waals surface area contributed by atoms with Crippen LogP contribution in [-0.4, -0.2) is 43.9 Å². The molecule has 0 saturated carbocycles. The predicted octanol–water partition coefficient (Wildman–Crippen LogP) is 7.38. The maximum absolute atomic E-state index is 12.1. The average molecular weight is 476 g/mol. The molecule has 1 fully saturated rings. The SMILES string of the molecule is CCCCCCCCCCCC[N+]1(C)CCC(OP(=O)([O-])OCCCCCCCC)CC1. The highest BCUT2D eigenvalue weighted by atomic mass is 31.2. The van der Waals surface area contributed by atoms with Gasteiger partial charge < -0.3 is 18.4 Å². The molecular weight excluding hydrogens is 421 g/mol. The van der Waals surface area contributed by atoms with Crippen molar-refractivity contribution in [2.75, 3.05) is 33.3 Å². The Morgan fingerprint density at radius 2 is 1.19 bits per heavy atom. The van der Waals surface area contributed by atoms with E-state index in [-0.39, 0.29) is 12.7 Å². The van der Waals surface area contributed by atoms with Crippen molar-refractivity contribution in [3.63, 3.8) is 0 Å². The lowest BCUT2D eigenvalue weighted by Crippen LogP contribution is -2.51. The second-order valence-corrected chi connectivity index (χ2v) is 11.7. The molecule has 0 aromatic carbocycles. The van der Waals surface area contributed by atoms with E-state index in [1.165, 1.54) is 90.0 Å². The fourth-order valence-corrected chi connectivity index (χ4v) is 5.74. The fraction of sp³-hybridized carbons (Fsp3) is 1.00. The second kappa shape index (κ2) is 18.4. The molecule has 1 aliphatic heterocycles. The molecular formula is C26H54NO4P. The predicted molar refractivity (Wildman–Crippen MR) is 134 cm³/mol. The zero-order valence-corrected chi connectivity index (χ0v) is 22.6. The van der Waals surface area contributed by atoms with Crippen LogP contribution >= 0.6 is 7.82 Å². The summed E-state index contributed by atoms with van der Waals surface area (Å²) in [6, 6.07) is 0. The Bertz CT molecular complexity index is 480. The summed E-state index contributed by atoms with van der Waals surface area (Å²) >= 11 is 0. The van der Waals surface area contributed by atoms with Crippen LogP contribution in [0.2, 0.25) is 0 Å². The largest absolute Gasteiger partial charge is 0.756 e. The van der Waals surface area contributed by atoms with Crippen molar-refractivity contribution in [1.29, 1.82) is 0 Å². The molecule has 32 heavy (non-hydrogen) atoms. The highest BCUT2D eigenvalue weighted by Gasteiger charge is 2.32. The maximum Gasteiger partial charge on any atom is 0.268 e. The molecule has 0 aromatic heterocycles. The molecule has 192 valence electrons. The molecule has 1 aliphatic rings. The van der Waals surface area contributed by atoms with Crippen molar-refractivity contribution < 1.29 is 23.0 Å². The molecule has 0 amide bonds. The number of phosphoric acid groups is 1. The molecule has 1 saturated heterocycles. The van der Waals surface area contributed by atoms with Crippen LogP contribution in [0.15, 0.2) is 0 Å². The van der Waals surface area contributed by atoms with Crippen LogP contribution in [-0.2, 0) is 13.6 Å². The number of nitrogens with zero attached hydrogens (tertiary/aromatic N) is 1. The van der Waals surface area contributed by atoms with E-state index in [0.717, 1.165) is 49.7 Å². The van der Waals surface area contributed by atoms with E-state index >= 15 is 0 Å². The number of hydrogen-bond acceptors (Lipinski definition) is 4. The number of quaternary nitrogens is 1. The summed E-state index contributed by atoms with van der Waals surface area (Å²) in [5.41, 5.74) is 0. The molecule has 1 heterocycles. The van der Waals surface area contributed by atoms with Gasteiger partial charge in [-0.05, 0) is 19.3 Å². The summed E-state index contributed by atoms with van der Waals surface area (Å²) in [6.45, 7) is 7.92. The van der Waals surface area contributed by atoms with Gasteiger partial charge in [0, 0.05) is 12.8 Å². The summed E-state index contributed by atoms with van der Waals surface area (Å²) in [5, 5.41) is 0. The van der Waals surface area contributed by atoms with Crippen LogP contribution in [0.5, 0.6) is 0 Å². The lowest BCUT2D eigenvalue weighted by molar-refractivity contribution is -0.915. The van der Waals surface area contributed by atoms with E-state index in [1.54, 1.807) is 0 Å². The first-order chi connectivity index (χ1) is 15.4. The van der Waals surface area contributed by atoms with Crippen molar-refractivity contribution in [2.45, 2.75) is 136 Å². The van der Waals surface area contributed by atoms with Gasteiger partial charge >= 0.3 is 0 Å². The monoisotopic (exact) mass is 475 g/mol. The van der Waals surface area contributed by atoms with Crippen LogP contribution in [0.1, 0.15) is 129 Å². The average Bonchev–Trinajstić information content (AvgIpc) is 2.76. The van der Waals surface area contributed by atoms with Gasteiger partial charge in [-0.1, -0.05) is 97.3 Å². The van der Waals surface area contributed by atoms with E-state index in [9.17, 15) is 9.46 Å². The molecule has 0 aromatic rings. The smallest absolute Gasteiger partial charge is 0.268 e. The van der Waals surface area contributed by atoms with Crippen LogP contribution in [0.25, 0.3) is 0 Å². The topological polar surface area (TPSA) is 58.6 Å². The third kappa shape index (κ3) is 15.8. The Morgan fingerprint density at radius 3 is 1.69 bits per heavy atom. The normalized spacial score (nSPS) is 23.3. The van der Waals surface area contributed by atoms with Gasteiger partial charge in [0.25, 0.3) is 7.82 Å². The van der Waals surface area contributed by atoms with E-state index in [0.29, 0.717) is 0 Å². The highest BCUT2D eigenvalue weighted by Crippen LogP contribution is 2.42. The highest BCUT2D eigenvalue weighted by molar-refractivity contribution is 7.45. The zero-order chi connectivity index (χ0) is 23.5. The van der Waals surface area contributed by atoms with E-state index in [2.05, 4.69) is 20.9 Å². The van der Waals surface area contributed by atoms with Gasteiger partial charge in [-0.3, -0.25) is 4.57 Å². The Kier molecular flexibility index (Phi) is 17.3. The van der Waals surface area contributed by atoms with Gasteiger partial charge in [0.1, 0.15) is 0 Å². The zero-order valence-electron chi connectivity index (χ0n) is 21.7. The number of likely N-dealkylation sites (tertiary alicyclic amines) is 1. The van der Waals surface area contributed by atoms with Crippen molar-refractivity contribution in [3.8, 4) is 0 Å². The molecule has 0 radical (unpaired) electrons. The Morgan fingerprint density at radius 1 is 0.750 bits per heavy atom. The third-order valence-corrected chi connectivity index (χ3v) is 8.11. The Balaban J connectivity index is 2.06. The summed E-state index contributed by atoms with van der Waals surface area (Å²) in [4.78, 5) is 12.1. The number of rotatable bonds is 21. The molecule has 0 spiro atoms. The van der Waals surface area contributed by atoms with Gasteiger partial charge in [0.2, 0.25) is 0 Å². The Labute approximate surface area is 199 Å². The lowest BCUT2D eigenvalue weighted by atomic mass is 10.0. The number of hydrogen-bond donors (Lipinski definition) is 0. The van der Waals surface area contributed by atoms with Crippen molar-refractivity contribution in [2.24, 2.45) is 0 Å². The molecule has 6 heteroatoms. The van der Waals surface area contributed by atoms with Crippen molar-refractivity contribution in [3.05, 3.63) is 0 Å². The lowest BCUT2D eigenvalue weighted by Gasteiger charge is -2.41. The fourth-order valence-electron chi connectivity index (χ4n) is 4.75. The van der Waals surface area contributed by atoms with E-state index < -0.39 is 7.82 Å². The first-order valence-electron chi connectivity index (χ1n) is 13.9. The van der Waals surface area contributed by atoms with Gasteiger partial charge in [0.15, 0.2) is 0 Å². The minimum absolute atomic E-state index is 0.207. The van der Waals surface area contributed by atoms with E-state index in [4.69, 9.17) is 9.05 Å². The van der Waals surface area contributed by atoms with E-state index in [1.807, 2.05) is 0 Å². The molecule has 1 unspecified atom stereocenters. The molecule has 1 rings (SSSR count). The maximum atomic E-state index is 12.1. The number of phosphoric ester groups is 1. The van der Waals surface area contributed by atoms with Crippen molar-refractivity contribution in [1.82, 2.24) is 0 Å². The molecule has 0 bridgehead atoms. The first kappa shape index (κ1) is 30.1. The summed E-state index contributed by atoms with van der Waals surface area (Å²) in [5.74, 6) is 0. The van der Waals surface area contributed by atoms with Crippen LogP contribution in [0.3, 0.4) is 0 Å². The standard InChI is InChI=1S/C26H54NO4P/c1-4-6-8-10-12-13-14-15-16-18-22-27(3)23-20-26(21-24-27)31-32(28,29)30-25-19-17-11-9-7-5-2/h26H,4-25H2,1-3H3. The van der Waals surface area contributed by atoms with Crippen molar-refractivity contribution >= 4 is 7.82 Å². The van der Waals surface area contributed by atoms with Gasteiger partial charge in [0.05, 0.1) is 39.4 Å². The van der Waals surface area contributed by atoms with Crippen LogP contribution in [0, 0.1) is 0 Å². The minimum atomic E-state index is -4.17. The summed E-state index contributed by atoms with van der Waals surface area (Å²) in [6.07, 6.45) is 21.7. The van der Waals surface area contributed by atoms with Gasteiger partial charge in [-0.15, -0.1) is 0 Å². The number of unbranched alkanes of at least 4 members (excludes halogenated alkanes) is 14. The number of piperidine rings is 1. The quantitative estimate of drug-likeness (QED) is 0.0987. The Hall–Kier alpha value is 0.0700. The molecule has 1 atom stereocenters. The molecule has 0 N–H and O–H groups in total. The van der Waals surface area contributed by atoms with Gasteiger partial charge in [-0.25, -0.2) is 0 Å². The van der Waals surface area contributed by atoms with Crippen LogP contribution in [0.4, 0.5) is 0 Å². The summed E-state index contributed by atoms with van der Waals surface area (Å²) < 4.78 is 23.7. The molecule has 0 aliphatic carbocycles.